The van der Waals surface area contributed by atoms with Crippen molar-refractivity contribution in [1.29, 1.82) is 0 Å². The molecule has 0 aliphatic carbocycles. The smallest absolute Gasteiger partial charge is 0.277 e. The SMILES string of the molecule is CCCOc1ccc(COCCN2CCOCC2)cc1-c1nc2c(CCC)nn(C)c2c(=O)[nH]1. The molecule has 1 saturated heterocycles. The summed E-state index contributed by atoms with van der Waals surface area (Å²) in [4.78, 5) is 23.1. The Hall–Kier alpha value is -2.75. The second-order valence-electron chi connectivity index (χ2n) is 8.62. The summed E-state index contributed by atoms with van der Waals surface area (Å²) in [5.74, 6) is 1.19. The highest BCUT2D eigenvalue weighted by atomic mass is 16.5. The van der Waals surface area contributed by atoms with E-state index in [1.165, 1.54) is 0 Å². The fraction of sp³-hybridized carbons (Fsp3) is 0.560. The lowest BCUT2D eigenvalue weighted by Crippen LogP contribution is -2.38. The molecule has 184 valence electrons. The Balaban J connectivity index is 1.59. The molecule has 0 atom stereocenters. The molecule has 0 spiro atoms. The normalized spacial score (nSPS) is 14.7. The first-order valence-electron chi connectivity index (χ1n) is 12.2. The largest absolute Gasteiger partial charge is 0.493 e. The monoisotopic (exact) mass is 469 g/mol. The van der Waals surface area contributed by atoms with E-state index in [9.17, 15) is 4.79 Å². The molecule has 2 aromatic heterocycles. The van der Waals surface area contributed by atoms with Gasteiger partial charge in [0.2, 0.25) is 0 Å². The Bertz CT molecular complexity index is 1150. The second kappa shape index (κ2) is 11.6. The highest BCUT2D eigenvalue weighted by Crippen LogP contribution is 2.30. The van der Waals surface area contributed by atoms with Crippen LogP contribution in [0.5, 0.6) is 5.75 Å². The molecule has 3 aromatic rings. The standard InChI is InChI=1S/C25H35N5O4/c1-4-6-20-22-23(29(3)28-20)25(31)27-24(26-22)19-16-18(7-8-21(19)34-12-5-2)17-33-15-11-30-9-13-32-14-10-30/h7-8,16H,4-6,9-15,17H2,1-3H3,(H,26,27,31). The summed E-state index contributed by atoms with van der Waals surface area (Å²) in [5, 5.41) is 4.52. The number of nitrogens with zero attached hydrogens (tertiary/aromatic N) is 4. The van der Waals surface area contributed by atoms with Crippen molar-refractivity contribution in [2.24, 2.45) is 7.05 Å². The minimum Gasteiger partial charge on any atom is -0.493 e. The zero-order valence-corrected chi connectivity index (χ0v) is 20.4. The molecule has 4 rings (SSSR count). The molecule has 1 aromatic carbocycles. The molecule has 34 heavy (non-hydrogen) atoms. The summed E-state index contributed by atoms with van der Waals surface area (Å²) in [7, 11) is 1.78. The van der Waals surface area contributed by atoms with E-state index in [0.717, 1.165) is 68.9 Å². The van der Waals surface area contributed by atoms with Crippen LogP contribution in [0, 0.1) is 0 Å². The summed E-state index contributed by atoms with van der Waals surface area (Å²) in [5.41, 5.74) is 3.54. The Morgan fingerprint density at radius 3 is 2.74 bits per heavy atom. The number of H-pyrrole nitrogens is 1. The van der Waals surface area contributed by atoms with Crippen LogP contribution in [0.2, 0.25) is 0 Å². The molecule has 1 N–H and O–H groups in total. The zero-order chi connectivity index (χ0) is 23.9. The van der Waals surface area contributed by atoms with Crippen LogP contribution in [-0.4, -0.2) is 70.7 Å². The number of benzene rings is 1. The van der Waals surface area contributed by atoms with E-state index in [2.05, 4.69) is 28.8 Å². The summed E-state index contributed by atoms with van der Waals surface area (Å²) in [6, 6.07) is 5.94. The number of rotatable bonds is 11. The third kappa shape index (κ3) is 5.65. The zero-order valence-electron chi connectivity index (χ0n) is 20.4. The van der Waals surface area contributed by atoms with Crippen LogP contribution in [0.25, 0.3) is 22.4 Å². The summed E-state index contributed by atoms with van der Waals surface area (Å²) < 4.78 is 19.0. The molecule has 9 nitrogen and oxygen atoms in total. The molecular formula is C25H35N5O4. The van der Waals surface area contributed by atoms with Crippen LogP contribution in [0.4, 0.5) is 0 Å². The minimum atomic E-state index is -0.203. The van der Waals surface area contributed by atoms with Crippen LogP contribution < -0.4 is 10.3 Å². The molecular weight excluding hydrogens is 434 g/mol. The van der Waals surface area contributed by atoms with Crippen molar-refractivity contribution < 1.29 is 14.2 Å². The lowest BCUT2D eigenvalue weighted by Gasteiger charge is -2.26. The lowest BCUT2D eigenvalue weighted by atomic mass is 10.1. The van der Waals surface area contributed by atoms with Crippen molar-refractivity contribution in [2.45, 2.75) is 39.7 Å². The van der Waals surface area contributed by atoms with Gasteiger partial charge in [-0.25, -0.2) is 4.98 Å². The average Bonchev–Trinajstić information content (AvgIpc) is 3.17. The fourth-order valence-corrected chi connectivity index (χ4v) is 4.18. The van der Waals surface area contributed by atoms with Gasteiger partial charge in [-0.1, -0.05) is 26.3 Å². The average molecular weight is 470 g/mol. The molecule has 1 fully saturated rings. The molecule has 1 aliphatic rings. The summed E-state index contributed by atoms with van der Waals surface area (Å²) in [6.07, 6.45) is 2.58. The number of nitrogens with one attached hydrogen (secondary N) is 1. The predicted molar refractivity (Wildman–Crippen MR) is 131 cm³/mol. The van der Waals surface area contributed by atoms with Crippen LogP contribution in [-0.2, 0) is 29.5 Å². The molecule has 0 radical (unpaired) electrons. The Kier molecular flexibility index (Phi) is 8.31. The number of hydrogen-bond donors (Lipinski definition) is 1. The van der Waals surface area contributed by atoms with Crippen LogP contribution in [0.15, 0.2) is 23.0 Å². The maximum atomic E-state index is 12.9. The van der Waals surface area contributed by atoms with Gasteiger partial charge in [-0.3, -0.25) is 14.4 Å². The first-order valence-corrected chi connectivity index (χ1v) is 12.2. The van der Waals surface area contributed by atoms with E-state index in [-0.39, 0.29) is 5.56 Å². The topological polar surface area (TPSA) is 94.5 Å². The van der Waals surface area contributed by atoms with E-state index in [0.29, 0.717) is 42.4 Å². The number of fused-ring (bicyclic) bond motifs is 1. The van der Waals surface area contributed by atoms with Crippen molar-refractivity contribution in [2.75, 3.05) is 46.1 Å². The van der Waals surface area contributed by atoms with Gasteiger partial charge in [0.05, 0.1) is 44.3 Å². The van der Waals surface area contributed by atoms with Gasteiger partial charge in [-0.05, 0) is 30.5 Å². The first-order chi connectivity index (χ1) is 16.6. The van der Waals surface area contributed by atoms with E-state index in [1.54, 1.807) is 11.7 Å². The van der Waals surface area contributed by atoms with Gasteiger partial charge in [0.15, 0.2) is 5.52 Å². The third-order valence-electron chi connectivity index (χ3n) is 5.93. The Morgan fingerprint density at radius 2 is 1.97 bits per heavy atom. The molecule has 0 bridgehead atoms. The first kappa shape index (κ1) is 24.4. The highest BCUT2D eigenvalue weighted by molar-refractivity contribution is 5.79. The molecule has 0 saturated carbocycles. The number of aryl methyl sites for hydroxylation is 2. The predicted octanol–water partition coefficient (Wildman–Crippen LogP) is 2.91. The summed E-state index contributed by atoms with van der Waals surface area (Å²) in [6.45, 7) is 10.2. The van der Waals surface area contributed by atoms with E-state index in [4.69, 9.17) is 19.2 Å². The highest BCUT2D eigenvalue weighted by Gasteiger charge is 2.18. The number of aromatic amines is 1. The lowest BCUT2D eigenvalue weighted by molar-refractivity contribution is 0.0180. The second-order valence-corrected chi connectivity index (χ2v) is 8.62. The van der Waals surface area contributed by atoms with Crippen LogP contribution >= 0.6 is 0 Å². The molecule has 0 amide bonds. The van der Waals surface area contributed by atoms with Gasteiger partial charge in [-0.15, -0.1) is 0 Å². The van der Waals surface area contributed by atoms with Crippen molar-refractivity contribution in [1.82, 2.24) is 24.6 Å². The van der Waals surface area contributed by atoms with Crippen molar-refractivity contribution in [3.63, 3.8) is 0 Å². The maximum Gasteiger partial charge on any atom is 0.277 e. The fourth-order valence-electron chi connectivity index (χ4n) is 4.18. The minimum absolute atomic E-state index is 0.203. The Labute approximate surface area is 200 Å². The number of hydrogen-bond acceptors (Lipinski definition) is 7. The van der Waals surface area contributed by atoms with Gasteiger partial charge in [-0.2, -0.15) is 5.10 Å². The third-order valence-corrected chi connectivity index (χ3v) is 5.93. The van der Waals surface area contributed by atoms with Crippen molar-refractivity contribution in [3.8, 4) is 17.1 Å². The van der Waals surface area contributed by atoms with Gasteiger partial charge < -0.3 is 19.2 Å². The molecule has 1 aliphatic heterocycles. The quantitative estimate of drug-likeness (QED) is 0.432. The number of morpholine rings is 1. The van der Waals surface area contributed by atoms with Crippen LogP contribution in [0.3, 0.4) is 0 Å². The summed E-state index contributed by atoms with van der Waals surface area (Å²) >= 11 is 0. The Morgan fingerprint density at radius 1 is 1.15 bits per heavy atom. The van der Waals surface area contributed by atoms with Crippen molar-refractivity contribution >= 4 is 11.0 Å². The van der Waals surface area contributed by atoms with E-state index < -0.39 is 0 Å². The molecule has 3 heterocycles. The van der Waals surface area contributed by atoms with Gasteiger partial charge in [0.25, 0.3) is 5.56 Å². The van der Waals surface area contributed by atoms with E-state index >= 15 is 0 Å². The van der Waals surface area contributed by atoms with Gasteiger partial charge >= 0.3 is 0 Å². The molecule has 9 heteroatoms. The maximum absolute atomic E-state index is 12.9. The van der Waals surface area contributed by atoms with Crippen molar-refractivity contribution in [3.05, 3.63) is 39.8 Å². The van der Waals surface area contributed by atoms with Gasteiger partial charge in [0.1, 0.15) is 17.1 Å². The van der Waals surface area contributed by atoms with Gasteiger partial charge in [0, 0.05) is 26.7 Å². The molecule has 0 unspecified atom stereocenters. The number of ether oxygens (including phenoxy) is 3. The van der Waals surface area contributed by atoms with Crippen LogP contribution in [0.1, 0.15) is 37.9 Å². The number of aromatic nitrogens is 4. The van der Waals surface area contributed by atoms with E-state index in [1.807, 2.05) is 18.2 Å².